The summed E-state index contributed by atoms with van der Waals surface area (Å²) in [5.74, 6) is -0.441. The molecular weight excluding hydrogens is 548 g/mol. The van der Waals surface area contributed by atoms with Crippen molar-refractivity contribution in [2.75, 3.05) is 23.4 Å². The number of anilines is 2. The van der Waals surface area contributed by atoms with Crippen LogP contribution in [-0.2, 0) is 17.5 Å². The average Bonchev–Trinajstić information content (AvgIpc) is 3.45. The van der Waals surface area contributed by atoms with Crippen molar-refractivity contribution in [2.45, 2.75) is 52.0 Å². The number of thiophene rings is 1. The first kappa shape index (κ1) is 28.8. The fraction of sp³-hybridized carbons (Fsp3) is 0.345. The maximum absolute atomic E-state index is 13.4. The van der Waals surface area contributed by atoms with Gasteiger partial charge in [0.15, 0.2) is 14.5 Å². The van der Waals surface area contributed by atoms with Crippen molar-refractivity contribution < 1.29 is 14.0 Å². The molecule has 0 fully saturated rings. The van der Waals surface area contributed by atoms with Gasteiger partial charge in [-0.05, 0) is 59.6 Å². The van der Waals surface area contributed by atoms with E-state index in [0.29, 0.717) is 46.7 Å². The highest BCUT2D eigenvalue weighted by molar-refractivity contribution is 7.18. The van der Waals surface area contributed by atoms with E-state index in [1.165, 1.54) is 11.3 Å². The highest BCUT2D eigenvalue weighted by atomic mass is 35.5. The molecule has 7 nitrogen and oxygen atoms in total. The quantitative estimate of drug-likeness (QED) is 0.165. The van der Waals surface area contributed by atoms with Gasteiger partial charge in [-0.1, -0.05) is 56.6 Å². The van der Waals surface area contributed by atoms with Crippen molar-refractivity contribution in [3.05, 3.63) is 80.5 Å². The molecule has 0 saturated heterocycles. The largest absolute Gasteiger partial charge is 0.415 e. The molecule has 39 heavy (non-hydrogen) atoms. The zero-order valence-corrected chi connectivity index (χ0v) is 25.4. The molecule has 2 heterocycles. The van der Waals surface area contributed by atoms with Gasteiger partial charge in [0.25, 0.3) is 11.8 Å². The number of nitrogens with one attached hydrogen (secondary N) is 1. The summed E-state index contributed by atoms with van der Waals surface area (Å²) in [5, 5.41) is 12.8. The second kappa shape index (κ2) is 11.5. The number of hydrogen-bond donors (Lipinski definition) is 1. The van der Waals surface area contributed by atoms with Gasteiger partial charge >= 0.3 is 0 Å². The zero-order chi connectivity index (χ0) is 28.4. The van der Waals surface area contributed by atoms with E-state index in [2.05, 4.69) is 45.4 Å². The van der Waals surface area contributed by atoms with Crippen LogP contribution in [0.2, 0.25) is 22.5 Å². The molecule has 0 saturated carbocycles. The number of carbonyl (C=O) groups is 2. The standard InChI is InChI=1S/C29H33ClN4O3SSi/c1-29(2,3)39(4,5)37-15-14-33(19-31)22-10-6-8-20(16-22)17-34-18-21-9-7-11-23(26(21)28(34)36)32-27(35)24-12-13-25(30)38-24/h6-13,16H,14-15,17-18H2,1-5H3,(H,32,35). The van der Waals surface area contributed by atoms with E-state index >= 15 is 0 Å². The summed E-state index contributed by atoms with van der Waals surface area (Å²) < 4.78 is 6.79. The second-order valence-corrected chi connectivity index (χ2v) is 17.6. The molecule has 0 atom stereocenters. The number of rotatable bonds is 9. The smallest absolute Gasteiger partial charge is 0.265 e. The Hall–Kier alpha value is -3.16. The molecule has 4 rings (SSSR count). The van der Waals surface area contributed by atoms with Crippen LogP contribution in [-0.4, -0.2) is 38.2 Å². The summed E-state index contributed by atoms with van der Waals surface area (Å²) in [6.07, 6.45) is 2.27. The Kier molecular flexibility index (Phi) is 8.52. The lowest BCUT2D eigenvalue weighted by Crippen LogP contribution is -2.42. The number of benzene rings is 2. The molecular formula is C29H33ClN4O3SSi. The second-order valence-electron chi connectivity index (χ2n) is 11.1. The molecule has 0 unspecified atom stereocenters. The molecule has 204 valence electrons. The van der Waals surface area contributed by atoms with Crippen molar-refractivity contribution in [1.82, 2.24) is 4.90 Å². The molecule has 2 aromatic carbocycles. The molecule has 10 heteroatoms. The van der Waals surface area contributed by atoms with Crippen LogP contribution < -0.4 is 10.2 Å². The summed E-state index contributed by atoms with van der Waals surface area (Å²) in [5.41, 5.74) is 3.53. The molecule has 0 spiro atoms. The van der Waals surface area contributed by atoms with Crippen LogP contribution in [0.15, 0.2) is 54.6 Å². The van der Waals surface area contributed by atoms with Gasteiger partial charge in [0.2, 0.25) is 0 Å². The zero-order valence-electron chi connectivity index (χ0n) is 22.9. The topological polar surface area (TPSA) is 85.7 Å². The highest BCUT2D eigenvalue weighted by Crippen LogP contribution is 2.36. The summed E-state index contributed by atoms with van der Waals surface area (Å²) in [7, 11) is -1.91. The van der Waals surface area contributed by atoms with Crippen LogP contribution in [0.3, 0.4) is 0 Å². The molecule has 0 bridgehead atoms. The van der Waals surface area contributed by atoms with Crippen LogP contribution >= 0.6 is 22.9 Å². The van der Waals surface area contributed by atoms with Gasteiger partial charge in [-0.3, -0.25) is 14.5 Å². The van der Waals surface area contributed by atoms with Crippen LogP contribution in [0.4, 0.5) is 11.4 Å². The maximum Gasteiger partial charge on any atom is 0.265 e. The predicted octanol–water partition coefficient (Wildman–Crippen LogP) is 7.12. The third kappa shape index (κ3) is 6.53. The maximum atomic E-state index is 13.4. The molecule has 2 amide bonds. The third-order valence-corrected chi connectivity index (χ3v) is 13.1. The summed E-state index contributed by atoms with van der Waals surface area (Å²) in [6, 6.07) is 16.5. The van der Waals surface area contributed by atoms with Crippen molar-refractivity contribution >= 4 is 54.4 Å². The van der Waals surface area contributed by atoms with Gasteiger partial charge in [0, 0.05) is 13.1 Å². The Bertz CT molecular complexity index is 1430. The number of halogens is 1. The number of carbonyl (C=O) groups excluding carboxylic acids is 2. The molecule has 1 N–H and O–H groups in total. The SMILES string of the molecule is CC(C)(C)[Si](C)(C)OCCN(C#N)c1cccc(CN2Cc3cccc(NC(=O)c4ccc(Cl)s4)c3C2=O)c1. The summed E-state index contributed by atoms with van der Waals surface area (Å²) in [4.78, 5) is 30.0. The van der Waals surface area contributed by atoms with Crippen LogP contribution in [0.25, 0.3) is 0 Å². The molecule has 1 aliphatic heterocycles. The Morgan fingerprint density at radius 1 is 1.21 bits per heavy atom. The van der Waals surface area contributed by atoms with E-state index in [1.54, 1.807) is 28.0 Å². The Balaban J connectivity index is 1.43. The van der Waals surface area contributed by atoms with Crippen LogP contribution in [0, 0.1) is 11.5 Å². The monoisotopic (exact) mass is 580 g/mol. The highest BCUT2D eigenvalue weighted by Gasteiger charge is 2.37. The van der Waals surface area contributed by atoms with Crippen molar-refractivity contribution in [3.63, 3.8) is 0 Å². The van der Waals surface area contributed by atoms with Crippen molar-refractivity contribution in [3.8, 4) is 6.19 Å². The molecule has 1 aliphatic rings. The van der Waals surface area contributed by atoms with Crippen LogP contribution in [0.1, 0.15) is 51.9 Å². The van der Waals surface area contributed by atoms with E-state index in [-0.39, 0.29) is 16.9 Å². The molecule has 0 aliphatic carbocycles. The number of nitriles is 1. The fourth-order valence-corrected chi connectivity index (χ4v) is 6.13. The van der Waals surface area contributed by atoms with Crippen LogP contribution in [0.5, 0.6) is 0 Å². The van der Waals surface area contributed by atoms with Crippen molar-refractivity contribution in [1.29, 1.82) is 5.26 Å². The lowest BCUT2D eigenvalue weighted by atomic mass is 10.1. The van der Waals surface area contributed by atoms with Gasteiger partial charge < -0.3 is 14.6 Å². The minimum absolute atomic E-state index is 0.102. The first-order chi connectivity index (χ1) is 18.4. The Labute approximate surface area is 240 Å². The Morgan fingerprint density at radius 2 is 1.95 bits per heavy atom. The number of fused-ring (bicyclic) bond motifs is 1. The lowest BCUT2D eigenvalue weighted by molar-refractivity contribution is 0.0767. The normalized spacial score (nSPS) is 13.3. The van der Waals surface area contributed by atoms with Crippen molar-refractivity contribution in [2.24, 2.45) is 0 Å². The average molecular weight is 581 g/mol. The first-order valence-corrected chi connectivity index (χ1v) is 16.9. The van der Waals surface area contributed by atoms with Gasteiger partial charge in [-0.2, -0.15) is 5.26 Å². The number of nitrogens with zero attached hydrogens (tertiary/aromatic N) is 3. The first-order valence-electron chi connectivity index (χ1n) is 12.8. The third-order valence-electron chi connectivity index (χ3n) is 7.36. The Morgan fingerprint density at radius 3 is 2.62 bits per heavy atom. The summed E-state index contributed by atoms with van der Waals surface area (Å²) in [6.45, 7) is 12.7. The van der Waals surface area contributed by atoms with E-state index < -0.39 is 8.32 Å². The number of hydrogen-bond acceptors (Lipinski definition) is 6. The van der Waals surface area contributed by atoms with E-state index in [0.717, 1.165) is 16.8 Å². The lowest BCUT2D eigenvalue weighted by Gasteiger charge is -2.36. The minimum atomic E-state index is -1.91. The van der Waals surface area contributed by atoms with Gasteiger partial charge in [-0.25, -0.2) is 0 Å². The minimum Gasteiger partial charge on any atom is -0.415 e. The summed E-state index contributed by atoms with van der Waals surface area (Å²) >= 11 is 7.16. The van der Waals surface area contributed by atoms with Gasteiger partial charge in [0.1, 0.15) is 0 Å². The molecule has 1 aromatic heterocycles. The fourth-order valence-electron chi connectivity index (χ4n) is 4.16. The van der Waals surface area contributed by atoms with E-state index in [1.807, 2.05) is 36.4 Å². The van der Waals surface area contributed by atoms with Gasteiger partial charge in [-0.15, -0.1) is 11.3 Å². The molecule has 3 aromatic rings. The predicted molar refractivity (Wildman–Crippen MR) is 160 cm³/mol. The number of amides is 2. The van der Waals surface area contributed by atoms with Gasteiger partial charge in [0.05, 0.1) is 39.3 Å². The van der Waals surface area contributed by atoms with E-state index in [4.69, 9.17) is 16.0 Å². The van der Waals surface area contributed by atoms with E-state index in [9.17, 15) is 14.9 Å². The molecule has 0 radical (unpaired) electrons.